The number of hydrogen-bond acceptors (Lipinski definition) is 5. The molecule has 0 aromatic heterocycles. The monoisotopic (exact) mass is 268 g/mol. The number of carbonyl (C=O) groups excluding carboxylic acids is 1. The first kappa shape index (κ1) is 14.8. The Morgan fingerprint density at radius 2 is 1.95 bits per heavy atom. The molecule has 6 N–H and O–H groups in total. The first-order chi connectivity index (χ1) is 8.93. The quantitative estimate of drug-likeness (QED) is 0.444. The van der Waals surface area contributed by atoms with E-state index in [0.29, 0.717) is 5.56 Å². The molecule has 19 heavy (non-hydrogen) atoms. The largest absolute Gasteiger partial charge is 0.504 e. The zero-order chi connectivity index (χ0) is 14.4. The molecule has 0 fully saturated rings. The van der Waals surface area contributed by atoms with E-state index in [0.717, 1.165) is 0 Å². The van der Waals surface area contributed by atoms with Crippen molar-refractivity contribution in [2.75, 3.05) is 6.54 Å². The summed E-state index contributed by atoms with van der Waals surface area (Å²) in [4.78, 5) is 22.4. The third-order valence-electron chi connectivity index (χ3n) is 2.48. The SMILES string of the molecule is NCCC(=O)NC(Cc1ccc(O)c(O)c1)C(=O)O. The van der Waals surface area contributed by atoms with Gasteiger partial charge in [-0.3, -0.25) is 4.79 Å². The number of rotatable bonds is 6. The fourth-order valence-electron chi connectivity index (χ4n) is 1.53. The fourth-order valence-corrected chi connectivity index (χ4v) is 1.53. The highest BCUT2D eigenvalue weighted by atomic mass is 16.4. The Morgan fingerprint density at radius 3 is 2.47 bits per heavy atom. The standard InChI is InChI=1S/C12H16N2O5/c13-4-3-11(17)14-8(12(18)19)5-7-1-2-9(15)10(16)6-7/h1-2,6,8,15-16H,3-5,13H2,(H,14,17)(H,18,19). The van der Waals surface area contributed by atoms with E-state index in [1.54, 1.807) is 0 Å². The second kappa shape index (κ2) is 6.60. The number of phenolic OH excluding ortho intramolecular Hbond substituents is 2. The van der Waals surface area contributed by atoms with Gasteiger partial charge in [0.2, 0.25) is 5.91 Å². The van der Waals surface area contributed by atoms with Gasteiger partial charge in [0.05, 0.1) is 0 Å². The summed E-state index contributed by atoms with van der Waals surface area (Å²) < 4.78 is 0. The van der Waals surface area contributed by atoms with E-state index >= 15 is 0 Å². The van der Waals surface area contributed by atoms with Crippen LogP contribution in [0.5, 0.6) is 11.5 Å². The summed E-state index contributed by atoms with van der Waals surface area (Å²) >= 11 is 0. The summed E-state index contributed by atoms with van der Waals surface area (Å²) in [6.07, 6.45) is 0.0457. The van der Waals surface area contributed by atoms with Crippen molar-refractivity contribution < 1.29 is 24.9 Å². The van der Waals surface area contributed by atoms with Gasteiger partial charge in [-0.05, 0) is 17.7 Å². The van der Waals surface area contributed by atoms with E-state index in [4.69, 9.17) is 15.9 Å². The van der Waals surface area contributed by atoms with Crippen LogP contribution in [0.1, 0.15) is 12.0 Å². The third-order valence-corrected chi connectivity index (χ3v) is 2.48. The molecule has 1 rings (SSSR count). The lowest BCUT2D eigenvalue weighted by molar-refractivity contribution is -0.141. The van der Waals surface area contributed by atoms with Gasteiger partial charge in [0.1, 0.15) is 6.04 Å². The van der Waals surface area contributed by atoms with Crippen LogP contribution in [0.3, 0.4) is 0 Å². The van der Waals surface area contributed by atoms with E-state index in [9.17, 15) is 14.7 Å². The molecular weight excluding hydrogens is 252 g/mol. The fraction of sp³-hybridized carbons (Fsp3) is 0.333. The summed E-state index contributed by atoms with van der Waals surface area (Å²) in [6, 6.07) is 2.87. The van der Waals surface area contributed by atoms with Crippen LogP contribution in [-0.4, -0.2) is 39.8 Å². The summed E-state index contributed by atoms with van der Waals surface area (Å²) in [6.45, 7) is 0.137. The molecular formula is C12H16N2O5. The number of nitrogens with two attached hydrogens (primary N) is 1. The molecule has 0 aliphatic carbocycles. The molecule has 1 amide bonds. The number of benzene rings is 1. The number of aliphatic carboxylic acids is 1. The highest BCUT2D eigenvalue weighted by Gasteiger charge is 2.20. The molecule has 1 aromatic carbocycles. The summed E-state index contributed by atoms with van der Waals surface area (Å²) in [7, 11) is 0. The van der Waals surface area contributed by atoms with Crippen molar-refractivity contribution in [2.45, 2.75) is 18.9 Å². The Kier molecular flexibility index (Phi) is 5.13. The number of nitrogens with one attached hydrogen (secondary N) is 1. The molecule has 104 valence electrons. The van der Waals surface area contributed by atoms with E-state index < -0.39 is 17.9 Å². The van der Waals surface area contributed by atoms with Crippen molar-refractivity contribution in [1.29, 1.82) is 0 Å². The van der Waals surface area contributed by atoms with E-state index in [2.05, 4.69) is 5.32 Å². The number of hydrogen-bond donors (Lipinski definition) is 5. The Morgan fingerprint density at radius 1 is 1.26 bits per heavy atom. The van der Waals surface area contributed by atoms with Crippen molar-refractivity contribution in [3.8, 4) is 11.5 Å². The van der Waals surface area contributed by atoms with Crippen molar-refractivity contribution >= 4 is 11.9 Å². The minimum absolute atomic E-state index is 0.000511. The van der Waals surface area contributed by atoms with Gasteiger partial charge in [-0.15, -0.1) is 0 Å². The first-order valence-corrected chi connectivity index (χ1v) is 5.67. The average Bonchev–Trinajstić information content (AvgIpc) is 2.33. The number of phenols is 2. The highest BCUT2D eigenvalue weighted by molar-refractivity contribution is 5.83. The van der Waals surface area contributed by atoms with Gasteiger partial charge < -0.3 is 26.4 Å². The summed E-state index contributed by atoms with van der Waals surface area (Å²) in [5.74, 6) is -2.26. The van der Waals surface area contributed by atoms with Crippen LogP contribution in [0.4, 0.5) is 0 Å². The van der Waals surface area contributed by atoms with Crippen LogP contribution in [0, 0.1) is 0 Å². The lowest BCUT2D eigenvalue weighted by Crippen LogP contribution is -2.42. The molecule has 1 atom stereocenters. The lowest BCUT2D eigenvalue weighted by atomic mass is 10.1. The van der Waals surface area contributed by atoms with Crippen LogP contribution in [0.25, 0.3) is 0 Å². The minimum atomic E-state index is -1.18. The molecule has 0 heterocycles. The first-order valence-electron chi connectivity index (χ1n) is 5.67. The lowest BCUT2D eigenvalue weighted by Gasteiger charge is -2.14. The maximum atomic E-state index is 11.3. The second-order valence-corrected chi connectivity index (χ2v) is 4.02. The number of amides is 1. The van der Waals surface area contributed by atoms with Crippen molar-refractivity contribution in [3.05, 3.63) is 23.8 Å². The van der Waals surface area contributed by atoms with Gasteiger partial charge >= 0.3 is 5.97 Å². The van der Waals surface area contributed by atoms with Gasteiger partial charge in [-0.2, -0.15) is 0 Å². The summed E-state index contributed by atoms with van der Waals surface area (Å²) in [5, 5.41) is 29.8. The van der Waals surface area contributed by atoms with Gasteiger partial charge in [-0.25, -0.2) is 4.79 Å². The molecule has 0 bridgehead atoms. The Bertz CT molecular complexity index is 475. The summed E-state index contributed by atoms with van der Waals surface area (Å²) in [5.41, 5.74) is 5.68. The van der Waals surface area contributed by atoms with E-state index in [1.807, 2.05) is 0 Å². The van der Waals surface area contributed by atoms with Crippen LogP contribution >= 0.6 is 0 Å². The molecule has 0 aliphatic rings. The van der Waals surface area contributed by atoms with Crippen molar-refractivity contribution in [2.24, 2.45) is 5.73 Å². The number of carboxylic acid groups (broad SMARTS) is 1. The Balaban J connectivity index is 2.75. The molecule has 0 saturated carbocycles. The zero-order valence-corrected chi connectivity index (χ0v) is 10.2. The number of carboxylic acids is 1. The van der Waals surface area contributed by atoms with Crippen molar-refractivity contribution in [1.82, 2.24) is 5.32 Å². The van der Waals surface area contributed by atoms with E-state index in [-0.39, 0.29) is 30.9 Å². The smallest absolute Gasteiger partial charge is 0.326 e. The molecule has 1 aromatic rings. The minimum Gasteiger partial charge on any atom is -0.504 e. The predicted octanol–water partition coefficient (Wildman–Crippen LogP) is -0.441. The average molecular weight is 268 g/mol. The molecule has 0 aliphatic heterocycles. The van der Waals surface area contributed by atoms with Crippen molar-refractivity contribution in [3.63, 3.8) is 0 Å². The number of aromatic hydroxyl groups is 2. The van der Waals surface area contributed by atoms with Crippen LogP contribution < -0.4 is 11.1 Å². The predicted molar refractivity (Wildman–Crippen MR) is 66.7 cm³/mol. The van der Waals surface area contributed by atoms with E-state index in [1.165, 1.54) is 18.2 Å². The highest BCUT2D eigenvalue weighted by Crippen LogP contribution is 2.25. The molecule has 7 nitrogen and oxygen atoms in total. The van der Waals surface area contributed by atoms with Gasteiger partial charge in [0.25, 0.3) is 0 Å². The maximum absolute atomic E-state index is 11.3. The normalized spacial score (nSPS) is 11.8. The van der Waals surface area contributed by atoms with Gasteiger partial charge in [-0.1, -0.05) is 6.07 Å². The zero-order valence-electron chi connectivity index (χ0n) is 10.2. The van der Waals surface area contributed by atoms with Gasteiger partial charge in [0, 0.05) is 19.4 Å². The molecule has 1 unspecified atom stereocenters. The van der Waals surface area contributed by atoms with Crippen LogP contribution in [0.15, 0.2) is 18.2 Å². The Labute approximate surface area is 109 Å². The number of carbonyl (C=O) groups is 2. The molecule has 0 radical (unpaired) electrons. The third kappa shape index (κ3) is 4.47. The second-order valence-electron chi connectivity index (χ2n) is 4.02. The molecule has 7 heteroatoms. The Hall–Kier alpha value is -2.28. The van der Waals surface area contributed by atoms with Gasteiger partial charge in [0.15, 0.2) is 11.5 Å². The maximum Gasteiger partial charge on any atom is 0.326 e. The molecule has 0 spiro atoms. The van der Waals surface area contributed by atoms with Crippen LogP contribution in [0.2, 0.25) is 0 Å². The molecule has 0 saturated heterocycles. The van der Waals surface area contributed by atoms with Crippen LogP contribution in [-0.2, 0) is 16.0 Å². The topological polar surface area (TPSA) is 133 Å².